The Morgan fingerprint density at radius 1 is 0.261 bits per heavy atom. The number of rotatable bonds is 36. The van der Waals surface area contributed by atoms with Gasteiger partial charge in [0.15, 0.2) is 24.9 Å². The average Bonchev–Trinajstić information content (AvgIpc) is 1.65. The van der Waals surface area contributed by atoms with Gasteiger partial charge in [0.05, 0.1) is 26.4 Å². The highest BCUT2D eigenvalue weighted by atomic mass is 16.8. The molecule has 8 heterocycles. The summed E-state index contributed by atoms with van der Waals surface area (Å²) in [6.45, 7) is 23.9. The highest BCUT2D eigenvalue weighted by Crippen LogP contribution is 2.41. The van der Waals surface area contributed by atoms with Crippen molar-refractivity contribution in [3.63, 3.8) is 0 Å². The van der Waals surface area contributed by atoms with Crippen LogP contribution in [0.15, 0.2) is 243 Å². The average molecular weight is 1560 g/mol. The standard InChI is InChI=1S/2C37H40O7.C21H22N2O4/c2*1-36(2,27-9-17-32(18-10-27)43-34-23-41-34)25-5-13-30(14-6-25)39-21-29(38)22-40-31-15-7-26(8-16-31)37(3,4)28-11-19-33(20-12-28)44-35-24-42-35;1-5-16(22(18-10-24-18)19-11-25-19)6-2-14(1)9-15-3-7-17(8-4-15)23(20-12-26-20)21-13-27-21/h2*5-20,29,34-35,38H,21-24H2,1-4H3;1-8,18-21H,9-13H2. The molecule has 115 heavy (non-hydrogen) atoms. The second-order valence-electron chi connectivity index (χ2n) is 32.2. The fraction of sp³-hybridized carbons (Fsp3) is 0.368. The lowest BCUT2D eigenvalue weighted by atomic mass is 9.78. The van der Waals surface area contributed by atoms with Crippen molar-refractivity contribution in [1.29, 1.82) is 0 Å². The van der Waals surface area contributed by atoms with Crippen molar-refractivity contribution in [3.8, 4) is 46.0 Å². The van der Waals surface area contributed by atoms with Crippen molar-refractivity contribution < 1.29 is 86.0 Å². The highest BCUT2D eigenvalue weighted by molar-refractivity contribution is 5.54. The van der Waals surface area contributed by atoms with Crippen LogP contribution < -0.4 is 47.7 Å². The molecule has 10 aromatic carbocycles. The maximum atomic E-state index is 10.5. The van der Waals surface area contributed by atoms with Crippen molar-refractivity contribution in [2.24, 2.45) is 0 Å². The molecule has 8 atom stereocenters. The first-order valence-corrected chi connectivity index (χ1v) is 39.7. The molecular weight excluding hydrogens is 1460 g/mol. The smallest absolute Gasteiger partial charge is 0.223 e. The molecule has 0 amide bonds. The summed E-state index contributed by atoms with van der Waals surface area (Å²) < 4.78 is 88.5. The Hall–Kier alpha value is -10.2. The maximum absolute atomic E-state index is 10.5. The molecule has 20 heteroatoms. The Balaban J connectivity index is 0.000000133. The fourth-order valence-electron chi connectivity index (χ4n) is 13.9. The van der Waals surface area contributed by atoms with Crippen LogP contribution in [0.2, 0.25) is 0 Å². The fourth-order valence-corrected chi connectivity index (χ4v) is 13.9. The third-order valence-corrected chi connectivity index (χ3v) is 22.0. The van der Waals surface area contributed by atoms with Crippen LogP contribution in [0.5, 0.6) is 46.0 Å². The zero-order valence-electron chi connectivity index (χ0n) is 66.4. The van der Waals surface area contributed by atoms with E-state index in [1.807, 2.05) is 97.1 Å². The monoisotopic (exact) mass is 1560 g/mol. The molecule has 8 aliphatic rings. The molecule has 20 nitrogen and oxygen atoms in total. The van der Waals surface area contributed by atoms with E-state index in [4.69, 9.17) is 75.8 Å². The minimum absolute atomic E-state index is 0.102. The molecule has 10 aromatic rings. The molecule has 2 N–H and O–H groups in total. The van der Waals surface area contributed by atoms with Gasteiger partial charge in [0.1, 0.15) is 111 Å². The van der Waals surface area contributed by atoms with Crippen LogP contribution >= 0.6 is 0 Å². The predicted molar refractivity (Wildman–Crippen MR) is 435 cm³/mol. The van der Waals surface area contributed by atoms with Crippen molar-refractivity contribution in [1.82, 2.24) is 0 Å². The molecule has 0 saturated carbocycles. The van der Waals surface area contributed by atoms with Crippen molar-refractivity contribution in [2.45, 2.75) is 146 Å². The lowest BCUT2D eigenvalue weighted by Crippen LogP contribution is -2.29. The first-order valence-electron chi connectivity index (χ1n) is 39.7. The number of benzene rings is 10. The maximum Gasteiger partial charge on any atom is 0.223 e. The highest BCUT2D eigenvalue weighted by Gasteiger charge is 2.43. The molecular formula is C95H102N2O18. The van der Waals surface area contributed by atoms with Crippen LogP contribution in [0.1, 0.15) is 111 Å². The van der Waals surface area contributed by atoms with Gasteiger partial charge in [-0.25, -0.2) is 0 Å². The van der Waals surface area contributed by atoms with Crippen molar-refractivity contribution in [2.75, 3.05) is 89.1 Å². The Morgan fingerprint density at radius 3 is 0.600 bits per heavy atom. The number of aliphatic hydroxyl groups excluding tert-OH is 2. The first-order chi connectivity index (χ1) is 55.7. The summed E-state index contributed by atoms with van der Waals surface area (Å²) in [5, 5.41) is 21.0. The largest absolute Gasteiger partial charge is 0.491 e. The van der Waals surface area contributed by atoms with Gasteiger partial charge in [-0.05, 0) is 183 Å². The van der Waals surface area contributed by atoms with E-state index in [0.29, 0.717) is 49.4 Å². The summed E-state index contributed by atoms with van der Waals surface area (Å²) in [6.07, 6.45) is -0.297. The number of hydrogen-bond acceptors (Lipinski definition) is 20. The summed E-state index contributed by atoms with van der Waals surface area (Å²) in [4.78, 5) is 4.46. The van der Waals surface area contributed by atoms with Gasteiger partial charge in [0.2, 0.25) is 25.2 Å². The van der Waals surface area contributed by atoms with Crippen LogP contribution in [-0.4, -0.2) is 152 Å². The van der Waals surface area contributed by atoms with Crippen LogP contribution in [0.4, 0.5) is 11.4 Å². The first kappa shape index (κ1) is 78.7. The Labute approximate surface area is 673 Å². The third-order valence-electron chi connectivity index (χ3n) is 22.0. The number of hydrogen-bond donors (Lipinski definition) is 2. The molecule has 8 aliphatic heterocycles. The summed E-state index contributed by atoms with van der Waals surface area (Å²) in [6, 6.07) is 82.1. The summed E-state index contributed by atoms with van der Waals surface area (Å²) in [5.41, 5.74) is 13.5. The van der Waals surface area contributed by atoms with Gasteiger partial charge in [-0.2, -0.15) is 0 Å². The molecule has 0 radical (unpaired) electrons. The van der Waals surface area contributed by atoms with Crippen LogP contribution in [-0.2, 0) is 66.0 Å². The predicted octanol–water partition coefficient (Wildman–Crippen LogP) is 15.6. The molecule has 8 fully saturated rings. The Bertz CT molecular complexity index is 4200. The molecule has 18 rings (SSSR count). The van der Waals surface area contributed by atoms with E-state index < -0.39 is 12.2 Å². The van der Waals surface area contributed by atoms with E-state index in [-0.39, 0.29) is 98.2 Å². The number of anilines is 2. The van der Waals surface area contributed by atoms with Crippen LogP contribution in [0.3, 0.4) is 0 Å². The van der Waals surface area contributed by atoms with Gasteiger partial charge in [-0.1, -0.05) is 177 Å². The minimum Gasteiger partial charge on any atom is -0.491 e. The molecule has 8 saturated heterocycles. The molecule has 0 bridgehead atoms. The van der Waals surface area contributed by atoms with Crippen LogP contribution in [0, 0.1) is 0 Å². The van der Waals surface area contributed by atoms with E-state index in [1.165, 1.54) is 44.8 Å². The zero-order chi connectivity index (χ0) is 79.3. The molecule has 8 unspecified atom stereocenters. The quantitative estimate of drug-likeness (QED) is 0.0349. The number of epoxide rings is 8. The van der Waals surface area contributed by atoms with Gasteiger partial charge in [0.25, 0.3) is 0 Å². The van der Waals surface area contributed by atoms with E-state index in [0.717, 1.165) is 78.1 Å². The van der Waals surface area contributed by atoms with Gasteiger partial charge in [0, 0.05) is 33.0 Å². The van der Waals surface area contributed by atoms with E-state index >= 15 is 0 Å². The molecule has 0 aliphatic carbocycles. The normalized spacial score (nSPS) is 21.0. The minimum atomic E-state index is -0.772. The SMILES string of the molecule is CC(C)(c1ccc(OCC(O)COc2ccc(C(C)(C)c3ccc(OC4CO4)cc3)cc2)cc1)c1ccc(OC2CO2)cc1.CC(C)(c1ccc(OCC(O)COc2ccc(C(C)(C)c3ccc(OC4CO4)cc3)cc2)cc1)c1ccc(OC2CO2)cc1.c1cc(N(C2CO2)C2CO2)ccc1Cc1ccc(N(C2CO2)C2CO2)cc1. The van der Waals surface area contributed by atoms with Gasteiger partial charge >= 0.3 is 0 Å². The molecule has 0 aromatic heterocycles. The zero-order valence-corrected chi connectivity index (χ0v) is 66.4. The van der Waals surface area contributed by atoms with Gasteiger partial charge in [-0.15, -0.1) is 0 Å². The lowest BCUT2D eigenvalue weighted by molar-refractivity contribution is 0.0626. The number of ether oxygens (including phenoxy) is 16. The van der Waals surface area contributed by atoms with Gasteiger partial charge in [-0.3, -0.25) is 0 Å². The third kappa shape index (κ3) is 21.1. The second-order valence-corrected chi connectivity index (χ2v) is 32.2. The van der Waals surface area contributed by atoms with Crippen molar-refractivity contribution >= 4 is 11.4 Å². The van der Waals surface area contributed by atoms with E-state index in [1.54, 1.807) is 0 Å². The number of aliphatic hydroxyl groups is 2. The number of nitrogens with zero attached hydrogens (tertiary/aromatic N) is 2. The second kappa shape index (κ2) is 34.3. The summed E-state index contributed by atoms with van der Waals surface area (Å²) >= 11 is 0. The van der Waals surface area contributed by atoms with Gasteiger partial charge < -0.3 is 95.8 Å². The van der Waals surface area contributed by atoms with E-state index in [9.17, 15) is 10.2 Å². The van der Waals surface area contributed by atoms with E-state index in [2.05, 4.69) is 211 Å². The summed E-state index contributed by atoms with van der Waals surface area (Å²) in [7, 11) is 0. The summed E-state index contributed by atoms with van der Waals surface area (Å²) in [5.74, 6) is 6.04. The Morgan fingerprint density at radius 2 is 0.435 bits per heavy atom. The van der Waals surface area contributed by atoms with Crippen molar-refractivity contribution in [3.05, 3.63) is 298 Å². The Kier molecular flexibility index (Phi) is 23.5. The van der Waals surface area contributed by atoms with Crippen LogP contribution in [0.25, 0.3) is 0 Å². The molecule has 600 valence electrons. The molecule has 0 spiro atoms. The lowest BCUT2D eigenvalue weighted by Gasteiger charge is -2.26. The topological polar surface area (TPSA) is 221 Å².